The van der Waals surface area contributed by atoms with Gasteiger partial charge in [0, 0.05) is 5.39 Å². The molecule has 1 aromatic carbocycles. The van der Waals surface area contributed by atoms with Gasteiger partial charge in [-0.3, -0.25) is 0 Å². The third-order valence-corrected chi connectivity index (χ3v) is 3.94. The van der Waals surface area contributed by atoms with Gasteiger partial charge in [0.05, 0.1) is 17.2 Å². The monoisotopic (exact) mass is 325 g/mol. The maximum Gasteiger partial charge on any atom is 0.433 e. The van der Waals surface area contributed by atoms with Crippen LogP contribution in [0.3, 0.4) is 0 Å². The molecule has 3 rings (SSSR count). The van der Waals surface area contributed by atoms with Crippen LogP contribution in [-0.2, 0) is 6.18 Å². The van der Waals surface area contributed by atoms with Crippen LogP contribution < -0.4 is 0 Å². The van der Waals surface area contributed by atoms with Crippen LogP contribution in [0, 0.1) is 5.82 Å². The zero-order chi connectivity index (χ0) is 16.4. The molecule has 1 fully saturated rings. The summed E-state index contributed by atoms with van der Waals surface area (Å²) in [5.41, 5.74) is -0.986. The first-order chi connectivity index (χ1) is 10.9. The first kappa shape index (κ1) is 15.8. The summed E-state index contributed by atoms with van der Waals surface area (Å²) in [5, 5.41) is 8.39. The first-order valence-corrected chi connectivity index (χ1v) is 7.52. The molecule has 1 aromatic heterocycles. The quantitative estimate of drug-likeness (QED) is 0.507. The Morgan fingerprint density at radius 2 is 1.78 bits per heavy atom. The number of pyridine rings is 1. The van der Waals surface area contributed by atoms with Crippen molar-refractivity contribution < 1.29 is 17.6 Å². The molecule has 0 atom stereocenters. The number of hydrogen-bond acceptors (Lipinski definition) is 3. The van der Waals surface area contributed by atoms with E-state index < -0.39 is 17.7 Å². The third kappa shape index (κ3) is 3.65. The maximum absolute atomic E-state index is 13.4. The normalized spacial score (nSPS) is 17.2. The second-order valence-corrected chi connectivity index (χ2v) is 5.69. The fraction of sp³-hybridized carbons (Fsp3) is 0.438. The summed E-state index contributed by atoms with van der Waals surface area (Å²) in [7, 11) is 0. The van der Waals surface area contributed by atoms with E-state index in [9.17, 15) is 17.6 Å². The molecule has 23 heavy (non-hydrogen) atoms. The lowest BCUT2D eigenvalue weighted by atomic mass is 9.96. The van der Waals surface area contributed by atoms with Gasteiger partial charge in [-0.25, -0.2) is 9.37 Å². The van der Waals surface area contributed by atoms with Crippen LogP contribution in [0.5, 0.6) is 0 Å². The number of nitrogens with zero attached hydrogens (tertiary/aromatic N) is 3. The number of azo groups is 1. The maximum atomic E-state index is 13.4. The van der Waals surface area contributed by atoms with Gasteiger partial charge in [-0.05, 0) is 37.1 Å². The highest BCUT2D eigenvalue weighted by Crippen LogP contribution is 2.35. The van der Waals surface area contributed by atoms with Gasteiger partial charge in [0.25, 0.3) is 0 Å². The molecule has 0 unspecified atom stereocenters. The molecule has 0 bridgehead atoms. The Labute approximate surface area is 130 Å². The van der Waals surface area contributed by atoms with E-state index in [0.29, 0.717) is 0 Å². The number of halogens is 4. The van der Waals surface area contributed by atoms with Crippen LogP contribution in [0.2, 0.25) is 0 Å². The van der Waals surface area contributed by atoms with Gasteiger partial charge < -0.3 is 0 Å². The van der Waals surface area contributed by atoms with E-state index in [1.165, 1.54) is 6.07 Å². The Hall–Kier alpha value is -2.05. The van der Waals surface area contributed by atoms with E-state index in [1.54, 1.807) is 0 Å². The summed E-state index contributed by atoms with van der Waals surface area (Å²) in [6, 6.07) is 4.29. The molecule has 122 valence electrons. The average Bonchev–Trinajstić information content (AvgIpc) is 2.52. The molecule has 1 heterocycles. The Kier molecular flexibility index (Phi) is 4.28. The molecule has 0 aliphatic heterocycles. The van der Waals surface area contributed by atoms with Crippen LogP contribution in [0.15, 0.2) is 34.5 Å². The number of fused-ring (bicyclic) bond motifs is 1. The molecule has 1 aliphatic rings. The predicted octanol–water partition coefficient (Wildman–Crippen LogP) is 5.81. The highest BCUT2D eigenvalue weighted by Gasteiger charge is 2.33. The molecule has 0 N–H and O–H groups in total. The standard InChI is InChI=1S/C16H15F4N3/c17-10-6-7-13-12(8-10)14(9-15(21-13)16(18,19)20)23-22-11-4-2-1-3-5-11/h6-9,11H,1-5H2. The van der Waals surface area contributed by atoms with Crippen molar-refractivity contribution in [2.24, 2.45) is 10.2 Å². The number of aromatic nitrogens is 1. The molecule has 0 saturated heterocycles. The second-order valence-electron chi connectivity index (χ2n) is 5.69. The van der Waals surface area contributed by atoms with E-state index >= 15 is 0 Å². The Morgan fingerprint density at radius 1 is 1.04 bits per heavy atom. The third-order valence-electron chi connectivity index (χ3n) is 3.94. The first-order valence-electron chi connectivity index (χ1n) is 7.52. The van der Waals surface area contributed by atoms with E-state index in [4.69, 9.17) is 0 Å². The van der Waals surface area contributed by atoms with Gasteiger partial charge in [-0.1, -0.05) is 19.3 Å². The largest absolute Gasteiger partial charge is 0.433 e. The highest BCUT2D eigenvalue weighted by molar-refractivity contribution is 5.89. The predicted molar refractivity (Wildman–Crippen MR) is 78.1 cm³/mol. The van der Waals surface area contributed by atoms with Crippen molar-refractivity contribution in [2.45, 2.75) is 44.3 Å². The van der Waals surface area contributed by atoms with Crippen molar-refractivity contribution in [3.8, 4) is 0 Å². The molecule has 0 amide bonds. The number of alkyl halides is 3. The Bertz CT molecular complexity index is 734. The summed E-state index contributed by atoms with van der Waals surface area (Å²) in [4.78, 5) is 3.55. The van der Waals surface area contributed by atoms with Crippen molar-refractivity contribution in [3.05, 3.63) is 35.8 Å². The summed E-state index contributed by atoms with van der Waals surface area (Å²) in [5.74, 6) is -0.548. The van der Waals surface area contributed by atoms with Crippen LogP contribution in [0.4, 0.5) is 23.2 Å². The van der Waals surface area contributed by atoms with Gasteiger partial charge in [0.15, 0.2) is 0 Å². The van der Waals surface area contributed by atoms with E-state index in [2.05, 4.69) is 15.2 Å². The molecule has 7 heteroatoms. The average molecular weight is 325 g/mol. The lowest BCUT2D eigenvalue weighted by Crippen LogP contribution is -2.09. The van der Waals surface area contributed by atoms with E-state index in [-0.39, 0.29) is 22.6 Å². The molecule has 0 radical (unpaired) electrons. The van der Waals surface area contributed by atoms with Crippen LogP contribution in [0.1, 0.15) is 37.8 Å². The second kappa shape index (κ2) is 6.22. The Balaban J connectivity index is 2.05. The van der Waals surface area contributed by atoms with Gasteiger partial charge in [0.2, 0.25) is 0 Å². The SMILES string of the molecule is Fc1ccc2nc(C(F)(F)F)cc(N=NC3CCCCC3)c2c1. The molecule has 3 nitrogen and oxygen atoms in total. The summed E-state index contributed by atoms with van der Waals surface area (Å²) in [6.45, 7) is 0. The van der Waals surface area contributed by atoms with Gasteiger partial charge in [-0.2, -0.15) is 23.4 Å². The van der Waals surface area contributed by atoms with Crippen molar-refractivity contribution in [2.75, 3.05) is 0 Å². The van der Waals surface area contributed by atoms with Crippen molar-refractivity contribution in [1.82, 2.24) is 4.98 Å². The number of rotatable bonds is 2. The van der Waals surface area contributed by atoms with Gasteiger partial charge in [0.1, 0.15) is 11.5 Å². The minimum absolute atomic E-state index is 0.00685. The fourth-order valence-electron chi connectivity index (χ4n) is 2.75. The number of hydrogen-bond donors (Lipinski definition) is 0. The van der Waals surface area contributed by atoms with E-state index in [1.807, 2.05) is 0 Å². The summed E-state index contributed by atoms with van der Waals surface area (Å²) >= 11 is 0. The molecule has 1 aliphatic carbocycles. The van der Waals surface area contributed by atoms with Crippen LogP contribution >= 0.6 is 0 Å². The van der Waals surface area contributed by atoms with Gasteiger partial charge >= 0.3 is 6.18 Å². The van der Waals surface area contributed by atoms with Gasteiger partial charge in [-0.15, -0.1) is 0 Å². The minimum atomic E-state index is -4.59. The lowest BCUT2D eigenvalue weighted by molar-refractivity contribution is -0.140. The fourth-order valence-corrected chi connectivity index (χ4v) is 2.75. The van der Waals surface area contributed by atoms with E-state index in [0.717, 1.165) is 50.3 Å². The minimum Gasteiger partial charge on any atom is -0.243 e. The molecule has 0 spiro atoms. The summed E-state index contributed by atoms with van der Waals surface area (Å²) < 4.78 is 52.3. The molecule has 2 aromatic rings. The smallest absolute Gasteiger partial charge is 0.243 e. The molecular formula is C16H15F4N3. The molecule has 1 saturated carbocycles. The lowest BCUT2D eigenvalue weighted by Gasteiger charge is -2.16. The van der Waals surface area contributed by atoms with Crippen molar-refractivity contribution in [1.29, 1.82) is 0 Å². The van der Waals surface area contributed by atoms with Crippen LogP contribution in [-0.4, -0.2) is 11.0 Å². The molecular weight excluding hydrogens is 310 g/mol. The Morgan fingerprint density at radius 3 is 2.48 bits per heavy atom. The topological polar surface area (TPSA) is 37.6 Å². The highest BCUT2D eigenvalue weighted by atomic mass is 19.4. The van der Waals surface area contributed by atoms with Crippen molar-refractivity contribution >= 4 is 16.6 Å². The number of benzene rings is 1. The van der Waals surface area contributed by atoms with Crippen molar-refractivity contribution in [3.63, 3.8) is 0 Å². The van der Waals surface area contributed by atoms with Crippen LogP contribution in [0.25, 0.3) is 10.9 Å². The summed E-state index contributed by atoms with van der Waals surface area (Å²) in [6.07, 6.45) is 0.414. The zero-order valence-corrected chi connectivity index (χ0v) is 12.3. The zero-order valence-electron chi connectivity index (χ0n) is 12.3.